The molecule has 11 aromatic carbocycles. The molecule has 19 rings (SSSR count). The quantitative estimate of drug-likeness (QED) is 0.145. The molecular formula is C84H69BN2. The van der Waals surface area contributed by atoms with Crippen molar-refractivity contribution in [1.29, 1.82) is 0 Å². The molecule has 0 unspecified atom stereocenters. The number of benzene rings is 11. The first-order valence-electron chi connectivity index (χ1n) is 31.9. The lowest BCUT2D eigenvalue weighted by atomic mass is 9.33. The van der Waals surface area contributed by atoms with Gasteiger partial charge < -0.3 is 9.13 Å². The number of rotatable bonds is 1. The van der Waals surface area contributed by atoms with Crippen molar-refractivity contribution in [3.63, 3.8) is 0 Å². The number of nitrogens with zero attached hydrogens (tertiary/aromatic N) is 2. The molecule has 6 aliphatic rings. The van der Waals surface area contributed by atoms with Crippen LogP contribution in [-0.4, -0.2) is 15.8 Å². The summed E-state index contributed by atoms with van der Waals surface area (Å²) >= 11 is 0. The third-order valence-electron chi connectivity index (χ3n) is 22.1. The summed E-state index contributed by atoms with van der Waals surface area (Å²) in [6.07, 6.45) is 0. The van der Waals surface area contributed by atoms with Crippen molar-refractivity contribution >= 4 is 66.7 Å². The van der Waals surface area contributed by atoms with Crippen molar-refractivity contribution in [3.05, 3.63) is 267 Å². The van der Waals surface area contributed by atoms with Crippen LogP contribution in [0.15, 0.2) is 200 Å². The maximum Gasteiger partial charge on any atom is 0.252 e. The van der Waals surface area contributed by atoms with Gasteiger partial charge in [-0.3, -0.25) is 0 Å². The van der Waals surface area contributed by atoms with Gasteiger partial charge >= 0.3 is 0 Å². The summed E-state index contributed by atoms with van der Waals surface area (Å²) in [6, 6.07) is 80.6. The monoisotopic (exact) mass is 1120 g/mol. The van der Waals surface area contributed by atoms with Crippen LogP contribution < -0.4 is 16.4 Å². The molecule has 0 bridgehead atoms. The summed E-state index contributed by atoms with van der Waals surface area (Å²) in [4.78, 5) is 0. The molecule has 0 amide bonds. The number of hydrogen-bond donors (Lipinski definition) is 0. The first-order valence-corrected chi connectivity index (χ1v) is 31.9. The van der Waals surface area contributed by atoms with Gasteiger partial charge in [0.2, 0.25) is 0 Å². The maximum atomic E-state index is 2.83. The van der Waals surface area contributed by atoms with Crippen molar-refractivity contribution in [2.24, 2.45) is 0 Å². The van der Waals surface area contributed by atoms with Crippen LogP contribution in [0, 0.1) is 0 Å². The van der Waals surface area contributed by atoms with Gasteiger partial charge in [0, 0.05) is 43.8 Å². The van der Waals surface area contributed by atoms with E-state index in [-0.39, 0.29) is 28.4 Å². The van der Waals surface area contributed by atoms with Crippen LogP contribution in [0.25, 0.3) is 99.5 Å². The molecule has 0 saturated heterocycles. The molecule has 2 aromatic heterocycles. The summed E-state index contributed by atoms with van der Waals surface area (Å²) in [7, 11) is 0. The van der Waals surface area contributed by atoms with Crippen molar-refractivity contribution < 1.29 is 0 Å². The standard InChI is InChI=1S/C84H69BN2/c1-79(2,3)47-34-36-72-58(38-47)59-40-49(81(7,8)9)43-70-75(59)86(72)77-57(46-33-35-56-55-27-17-20-30-64(55)83(67(56)37-46)62-28-18-13-23-51(62)52-24-14-19-29-63(52)83)45-69-78-73(77)85(70)71-44-50(82(10,11)12)41-61-60-39-48(80(4,5)6)42-68(74(60)87(78)76(61)71)84(69)65-31-21-15-25-53(65)54-26-16-22-32-66(54)84/h13-45H,1-12H3. The zero-order valence-corrected chi connectivity index (χ0v) is 52.0. The van der Waals surface area contributed by atoms with E-state index in [0.717, 1.165) is 0 Å². The minimum atomic E-state index is -0.675. The molecule has 3 aliphatic heterocycles. The highest BCUT2D eigenvalue weighted by atomic mass is 15.1. The lowest BCUT2D eigenvalue weighted by molar-refractivity contribution is 0.588. The average Bonchev–Trinajstić information content (AvgIpc) is 1.56. The fourth-order valence-corrected chi connectivity index (χ4v) is 18.1. The molecule has 2 nitrogen and oxygen atoms in total. The minimum Gasteiger partial charge on any atom is -0.310 e. The molecule has 0 atom stereocenters. The fraction of sp³-hybridized carbons (Fsp3) is 0.214. The summed E-state index contributed by atoms with van der Waals surface area (Å²) in [5, 5.41) is 5.39. The van der Waals surface area contributed by atoms with Gasteiger partial charge in [-0.05, 0) is 186 Å². The molecule has 3 heteroatoms. The summed E-state index contributed by atoms with van der Waals surface area (Å²) in [5.41, 5.74) is 37.5. The lowest BCUT2D eigenvalue weighted by Gasteiger charge is -2.45. The predicted octanol–water partition coefficient (Wildman–Crippen LogP) is 18.9. The first-order chi connectivity index (χ1) is 41.7. The van der Waals surface area contributed by atoms with Crippen LogP contribution in [0.4, 0.5) is 0 Å². The molecule has 87 heavy (non-hydrogen) atoms. The molecule has 5 heterocycles. The SMILES string of the molecule is CC(C)(C)c1ccc2c(c1)c1cc(C(C)(C)C)cc3c1n2-c1c(-c2ccc4c(c2)C2(c5ccccc5-c5ccccc52)c2ccccc2-4)cc2c4c1B3c1cc(C(C)(C)C)cc3c5cc(C(C)(C)C)cc(c5n-4c13)C21c2ccccc2-c2ccccc21. The van der Waals surface area contributed by atoms with Crippen LogP contribution in [0.3, 0.4) is 0 Å². The van der Waals surface area contributed by atoms with E-state index in [4.69, 9.17) is 0 Å². The van der Waals surface area contributed by atoms with Crippen molar-refractivity contribution in [2.75, 3.05) is 0 Å². The Morgan fingerprint density at radius 3 is 1.17 bits per heavy atom. The summed E-state index contributed by atoms with van der Waals surface area (Å²) in [5.74, 6) is 0. The second-order valence-electron chi connectivity index (χ2n) is 30.7. The number of fused-ring (bicyclic) bond motifs is 24. The van der Waals surface area contributed by atoms with Crippen LogP contribution in [0.2, 0.25) is 0 Å². The van der Waals surface area contributed by atoms with E-state index in [2.05, 4.69) is 292 Å². The van der Waals surface area contributed by atoms with E-state index in [9.17, 15) is 0 Å². The Morgan fingerprint density at radius 2 is 0.690 bits per heavy atom. The maximum absolute atomic E-state index is 2.83. The highest BCUT2D eigenvalue weighted by Gasteiger charge is 2.57. The van der Waals surface area contributed by atoms with Crippen molar-refractivity contribution in [3.8, 4) is 55.9 Å². The van der Waals surface area contributed by atoms with Crippen molar-refractivity contribution in [1.82, 2.24) is 9.13 Å². The predicted molar refractivity (Wildman–Crippen MR) is 367 cm³/mol. The van der Waals surface area contributed by atoms with E-state index in [0.29, 0.717) is 0 Å². The Hall–Kier alpha value is -8.92. The highest BCUT2D eigenvalue weighted by Crippen LogP contribution is 2.66. The van der Waals surface area contributed by atoms with Crippen LogP contribution in [0.5, 0.6) is 0 Å². The van der Waals surface area contributed by atoms with E-state index >= 15 is 0 Å². The van der Waals surface area contributed by atoms with Crippen LogP contribution >= 0.6 is 0 Å². The molecule has 13 aromatic rings. The molecular weight excluding hydrogens is 1050 g/mol. The zero-order valence-electron chi connectivity index (χ0n) is 52.0. The van der Waals surface area contributed by atoms with E-state index in [1.54, 1.807) is 0 Å². The largest absolute Gasteiger partial charge is 0.310 e. The normalized spacial score (nSPS) is 15.5. The Bertz CT molecular complexity index is 5280. The van der Waals surface area contributed by atoms with E-state index in [1.165, 1.54) is 183 Å². The molecule has 2 spiro atoms. The van der Waals surface area contributed by atoms with E-state index < -0.39 is 10.8 Å². The molecule has 0 fully saturated rings. The Labute approximate surface area is 511 Å². The van der Waals surface area contributed by atoms with Gasteiger partial charge in [0.15, 0.2) is 0 Å². The molecule has 0 saturated carbocycles. The zero-order chi connectivity index (χ0) is 59.1. The van der Waals surface area contributed by atoms with Gasteiger partial charge in [0.05, 0.1) is 27.6 Å². The van der Waals surface area contributed by atoms with E-state index in [1.807, 2.05) is 0 Å². The van der Waals surface area contributed by atoms with Crippen molar-refractivity contribution in [2.45, 2.75) is 116 Å². The molecule has 0 N–H and O–H groups in total. The Kier molecular flexibility index (Phi) is 9.12. The Balaban J connectivity index is 1.07. The van der Waals surface area contributed by atoms with Gasteiger partial charge in [-0.15, -0.1) is 0 Å². The second kappa shape index (κ2) is 15.8. The Morgan fingerprint density at radius 1 is 0.287 bits per heavy atom. The fourth-order valence-electron chi connectivity index (χ4n) is 18.1. The number of hydrogen-bond acceptors (Lipinski definition) is 0. The lowest BCUT2D eigenvalue weighted by Crippen LogP contribution is -2.61. The average molecular weight is 1120 g/mol. The smallest absolute Gasteiger partial charge is 0.252 e. The van der Waals surface area contributed by atoms with Gasteiger partial charge in [0.25, 0.3) is 6.71 Å². The second-order valence-corrected chi connectivity index (χ2v) is 30.7. The molecule has 3 aliphatic carbocycles. The first kappa shape index (κ1) is 50.3. The molecule has 418 valence electrons. The summed E-state index contributed by atoms with van der Waals surface area (Å²) < 4.78 is 5.62. The van der Waals surface area contributed by atoms with Gasteiger partial charge in [-0.25, -0.2) is 0 Å². The minimum absolute atomic E-state index is 0.0490. The topological polar surface area (TPSA) is 9.86 Å². The summed E-state index contributed by atoms with van der Waals surface area (Å²) in [6.45, 7) is 28.8. The van der Waals surface area contributed by atoms with Gasteiger partial charge in [-0.1, -0.05) is 241 Å². The van der Waals surface area contributed by atoms with Crippen LogP contribution in [0.1, 0.15) is 150 Å². The third-order valence-corrected chi connectivity index (χ3v) is 22.1. The highest BCUT2D eigenvalue weighted by molar-refractivity contribution is 7.00. The third kappa shape index (κ3) is 5.87. The number of aromatic nitrogens is 2. The van der Waals surface area contributed by atoms with Gasteiger partial charge in [-0.2, -0.15) is 0 Å². The van der Waals surface area contributed by atoms with Crippen LogP contribution in [-0.2, 0) is 32.5 Å². The molecule has 0 radical (unpaired) electrons. The van der Waals surface area contributed by atoms with Gasteiger partial charge in [0.1, 0.15) is 0 Å².